The summed E-state index contributed by atoms with van der Waals surface area (Å²) in [6.45, 7) is 1.24. The number of carbonyl (C=O) groups is 3. The Bertz CT molecular complexity index is 736. The Morgan fingerprint density at radius 3 is 2.65 bits per heavy atom. The van der Waals surface area contributed by atoms with Crippen LogP contribution >= 0.6 is 0 Å². The van der Waals surface area contributed by atoms with Crippen molar-refractivity contribution in [3.05, 3.63) is 53.5 Å². The maximum Gasteiger partial charge on any atom is 0.375 e. The maximum absolute atomic E-state index is 11.8. The van der Waals surface area contributed by atoms with Crippen LogP contribution in [0.3, 0.4) is 0 Å². The summed E-state index contributed by atoms with van der Waals surface area (Å²) in [7, 11) is 1.52. The first-order valence-electron chi connectivity index (χ1n) is 6.84. The van der Waals surface area contributed by atoms with Gasteiger partial charge in [-0.3, -0.25) is 9.59 Å². The molecule has 0 saturated carbocycles. The molecule has 1 aromatic carbocycles. The number of amides is 2. The summed E-state index contributed by atoms with van der Waals surface area (Å²) >= 11 is 0. The lowest BCUT2D eigenvalue weighted by atomic mass is 10.2. The van der Waals surface area contributed by atoms with Gasteiger partial charge in [0.15, 0.2) is 6.61 Å². The SMILES string of the molecule is CNC(=O)c1cccc(NC(=O)COC(=O)c2occc2C)c1. The molecule has 2 aromatic rings. The number of nitrogens with one attached hydrogen (secondary N) is 2. The molecule has 0 aliphatic rings. The lowest BCUT2D eigenvalue weighted by Gasteiger charge is -2.07. The van der Waals surface area contributed by atoms with Gasteiger partial charge < -0.3 is 19.8 Å². The minimum absolute atomic E-state index is 0.0689. The van der Waals surface area contributed by atoms with E-state index in [1.165, 1.54) is 19.4 Å². The second-order valence-electron chi connectivity index (χ2n) is 4.72. The van der Waals surface area contributed by atoms with E-state index in [1.807, 2.05) is 0 Å². The number of hydrogen-bond acceptors (Lipinski definition) is 5. The fraction of sp³-hybridized carbons (Fsp3) is 0.188. The normalized spacial score (nSPS) is 10.0. The van der Waals surface area contributed by atoms with Crippen molar-refractivity contribution in [2.75, 3.05) is 19.0 Å². The van der Waals surface area contributed by atoms with Crippen molar-refractivity contribution in [1.29, 1.82) is 0 Å². The van der Waals surface area contributed by atoms with Gasteiger partial charge in [-0.1, -0.05) is 6.07 Å². The highest BCUT2D eigenvalue weighted by atomic mass is 16.5. The Balaban J connectivity index is 1.91. The average Bonchev–Trinajstić information content (AvgIpc) is 2.98. The van der Waals surface area contributed by atoms with E-state index in [-0.39, 0.29) is 11.7 Å². The number of hydrogen-bond donors (Lipinski definition) is 2. The summed E-state index contributed by atoms with van der Waals surface area (Å²) < 4.78 is 9.86. The molecule has 0 saturated heterocycles. The highest BCUT2D eigenvalue weighted by molar-refractivity contribution is 5.98. The monoisotopic (exact) mass is 316 g/mol. The Hall–Kier alpha value is -3.09. The zero-order valence-electron chi connectivity index (χ0n) is 12.7. The van der Waals surface area contributed by atoms with E-state index < -0.39 is 18.5 Å². The van der Waals surface area contributed by atoms with Crippen molar-refractivity contribution in [1.82, 2.24) is 5.32 Å². The largest absolute Gasteiger partial charge is 0.457 e. The predicted molar refractivity (Wildman–Crippen MR) is 82.2 cm³/mol. The maximum atomic E-state index is 11.8. The van der Waals surface area contributed by atoms with Crippen LogP contribution in [0.15, 0.2) is 41.0 Å². The molecular weight excluding hydrogens is 300 g/mol. The van der Waals surface area contributed by atoms with Crippen molar-refractivity contribution in [2.45, 2.75) is 6.92 Å². The average molecular weight is 316 g/mol. The smallest absolute Gasteiger partial charge is 0.375 e. The second kappa shape index (κ2) is 7.26. The molecule has 23 heavy (non-hydrogen) atoms. The molecule has 0 fully saturated rings. The quantitative estimate of drug-likeness (QED) is 0.819. The first-order valence-corrected chi connectivity index (χ1v) is 6.84. The summed E-state index contributed by atoms with van der Waals surface area (Å²) in [4.78, 5) is 35.0. The zero-order valence-corrected chi connectivity index (χ0v) is 12.7. The lowest BCUT2D eigenvalue weighted by molar-refractivity contribution is -0.119. The van der Waals surface area contributed by atoms with Gasteiger partial charge in [0.25, 0.3) is 11.8 Å². The van der Waals surface area contributed by atoms with Gasteiger partial charge in [0.1, 0.15) is 0 Å². The van der Waals surface area contributed by atoms with E-state index in [4.69, 9.17) is 9.15 Å². The first-order chi connectivity index (χ1) is 11.0. The van der Waals surface area contributed by atoms with E-state index in [1.54, 1.807) is 31.2 Å². The van der Waals surface area contributed by atoms with Crippen LogP contribution in [0.25, 0.3) is 0 Å². The topological polar surface area (TPSA) is 97.6 Å². The van der Waals surface area contributed by atoms with Crippen molar-refractivity contribution in [3.63, 3.8) is 0 Å². The molecule has 2 N–H and O–H groups in total. The number of anilines is 1. The van der Waals surface area contributed by atoms with Crippen LogP contribution in [0.2, 0.25) is 0 Å². The Morgan fingerprint density at radius 2 is 2.00 bits per heavy atom. The molecular formula is C16H16N2O5. The molecule has 0 aliphatic heterocycles. The third kappa shape index (κ3) is 4.19. The Morgan fingerprint density at radius 1 is 1.22 bits per heavy atom. The van der Waals surface area contributed by atoms with Crippen molar-refractivity contribution in [2.24, 2.45) is 0 Å². The van der Waals surface area contributed by atoms with Gasteiger partial charge in [0.2, 0.25) is 5.76 Å². The van der Waals surface area contributed by atoms with Gasteiger partial charge in [-0.05, 0) is 31.2 Å². The van der Waals surface area contributed by atoms with Gasteiger partial charge >= 0.3 is 5.97 Å². The number of furan rings is 1. The predicted octanol–water partition coefficient (Wildman–Crippen LogP) is 1.74. The van der Waals surface area contributed by atoms with E-state index in [2.05, 4.69) is 10.6 Å². The molecule has 0 radical (unpaired) electrons. The van der Waals surface area contributed by atoms with Gasteiger partial charge in [-0.25, -0.2) is 4.79 Å². The zero-order chi connectivity index (χ0) is 16.8. The molecule has 1 aromatic heterocycles. The molecule has 0 spiro atoms. The Kier molecular flexibility index (Phi) is 5.14. The van der Waals surface area contributed by atoms with Gasteiger partial charge in [-0.2, -0.15) is 0 Å². The number of ether oxygens (including phenoxy) is 1. The van der Waals surface area contributed by atoms with Crippen LogP contribution < -0.4 is 10.6 Å². The van der Waals surface area contributed by atoms with Crippen LogP contribution in [-0.4, -0.2) is 31.4 Å². The molecule has 120 valence electrons. The Labute approximate surface area is 132 Å². The second-order valence-corrected chi connectivity index (χ2v) is 4.72. The number of carbonyl (C=O) groups excluding carboxylic acids is 3. The molecule has 1 heterocycles. The fourth-order valence-electron chi connectivity index (χ4n) is 1.86. The van der Waals surface area contributed by atoms with E-state index in [0.717, 1.165) is 0 Å². The van der Waals surface area contributed by atoms with Crippen LogP contribution in [0.5, 0.6) is 0 Å². The molecule has 7 nitrogen and oxygen atoms in total. The summed E-state index contributed by atoms with van der Waals surface area (Å²) in [5, 5.41) is 5.04. The van der Waals surface area contributed by atoms with Crippen LogP contribution in [0.4, 0.5) is 5.69 Å². The van der Waals surface area contributed by atoms with Crippen LogP contribution in [0, 0.1) is 6.92 Å². The highest BCUT2D eigenvalue weighted by Crippen LogP contribution is 2.12. The number of benzene rings is 1. The van der Waals surface area contributed by atoms with Crippen molar-refractivity contribution >= 4 is 23.5 Å². The van der Waals surface area contributed by atoms with Crippen molar-refractivity contribution < 1.29 is 23.5 Å². The van der Waals surface area contributed by atoms with Crippen LogP contribution in [-0.2, 0) is 9.53 Å². The summed E-state index contributed by atoms with van der Waals surface area (Å²) in [5.41, 5.74) is 1.48. The van der Waals surface area contributed by atoms with Gasteiger partial charge in [0.05, 0.1) is 6.26 Å². The van der Waals surface area contributed by atoms with Crippen molar-refractivity contribution in [3.8, 4) is 0 Å². The molecule has 0 aliphatic carbocycles. The van der Waals surface area contributed by atoms with Crippen LogP contribution in [0.1, 0.15) is 26.5 Å². The molecule has 0 unspecified atom stereocenters. The standard InChI is InChI=1S/C16H16N2O5/c1-10-6-7-22-14(10)16(21)23-9-13(19)18-12-5-3-4-11(8-12)15(20)17-2/h3-8H,9H2,1-2H3,(H,17,20)(H,18,19). The molecule has 7 heteroatoms. The number of rotatable bonds is 5. The molecule has 0 atom stereocenters. The van der Waals surface area contributed by atoms with Gasteiger partial charge in [-0.15, -0.1) is 0 Å². The van der Waals surface area contributed by atoms with Gasteiger partial charge in [0, 0.05) is 23.9 Å². The van der Waals surface area contributed by atoms with E-state index in [0.29, 0.717) is 16.8 Å². The third-order valence-electron chi connectivity index (χ3n) is 3.02. The minimum atomic E-state index is -0.707. The molecule has 0 bridgehead atoms. The molecule has 2 amide bonds. The minimum Gasteiger partial charge on any atom is -0.457 e. The fourth-order valence-corrected chi connectivity index (χ4v) is 1.86. The number of aryl methyl sites for hydroxylation is 1. The summed E-state index contributed by atoms with van der Waals surface area (Å²) in [5.74, 6) is -1.42. The van der Waals surface area contributed by atoms with E-state index >= 15 is 0 Å². The first kappa shape index (κ1) is 16.3. The lowest BCUT2D eigenvalue weighted by Crippen LogP contribution is -2.22. The summed E-state index contributed by atoms with van der Waals surface area (Å²) in [6.07, 6.45) is 1.37. The highest BCUT2D eigenvalue weighted by Gasteiger charge is 2.16. The molecule has 2 rings (SSSR count). The van der Waals surface area contributed by atoms with E-state index in [9.17, 15) is 14.4 Å². The number of esters is 1. The third-order valence-corrected chi connectivity index (χ3v) is 3.02. The summed E-state index contributed by atoms with van der Waals surface area (Å²) in [6, 6.07) is 8.03.